The number of ether oxygens (including phenoxy) is 1. The Hall–Kier alpha value is -0.0800. The summed E-state index contributed by atoms with van der Waals surface area (Å²) in [6.45, 7) is 8.97. The van der Waals surface area contributed by atoms with Crippen molar-refractivity contribution in [2.75, 3.05) is 13.2 Å². The van der Waals surface area contributed by atoms with E-state index in [1.54, 1.807) is 0 Å². The van der Waals surface area contributed by atoms with Gasteiger partial charge in [-0.05, 0) is 38.6 Å². The van der Waals surface area contributed by atoms with Gasteiger partial charge in [-0.1, -0.05) is 33.1 Å². The molecule has 0 aromatic carbocycles. The maximum absolute atomic E-state index is 5.70. The molecule has 3 unspecified atom stereocenters. The van der Waals surface area contributed by atoms with Crippen molar-refractivity contribution in [2.24, 2.45) is 5.92 Å². The van der Waals surface area contributed by atoms with Crippen LogP contribution in [0.5, 0.6) is 0 Å². The van der Waals surface area contributed by atoms with Crippen LogP contribution in [0.15, 0.2) is 0 Å². The van der Waals surface area contributed by atoms with Crippen molar-refractivity contribution in [1.29, 1.82) is 0 Å². The first-order valence-corrected chi connectivity index (χ1v) is 7.12. The van der Waals surface area contributed by atoms with Gasteiger partial charge in [0, 0.05) is 12.6 Å². The Kier molecular flexibility index (Phi) is 7.06. The molecule has 1 heterocycles. The summed E-state index contributed by atoms with van der Waals surface area (Å²) < 4.78 is 5.70. The third-order valence-electron chi connectivity index (χ3n) is 3.79. The Morgan fingerprint density at radius 1 is 1.38 bits per heavy atom. The van der Waals surface area contributed by atoms with Gasteiger partial charge in [0.05, 0.1) is 6.10 Å². The molecule has 96 valence electrons. The van der Waals surface area contributed by atoms with E-state index >= 15 is 0 Å². The van der Waals surface area contributed by atoms with E-state index in [1.807, 2.05) is 0 Å². The Labute approximate surface area is 101 Å². The average molecular weight is 227 g/mol. The number of hydrogen-bond donors (Lipinski definition) is 1. The highest BCUT2D eigenvalue weighted by Gasteiger charge is 2.22. The molecule has 0 amide bonds. The van der Waals surface area contributed by atoms with Gasteiger partial charge in [-0.2, -0.15) is 0 Å². The lowest BCUT2D eigenvalue weighted by atomic mass is 9.98. The fraction of sp³-hybridized carbons (Fsp3) is 1.00. The van der Waals surface area contributed by atoms with Crippen LogP contribution >= 0.6 is 0 Å². The van der Waals surface area contributed by atoms with Crippen LogP contribution < -0.4 is 5.32 Å². The molecule has 0 saturated carbocycles. The monoisotopic (exact) mass is 227 g/mol. The Morgan fingerprint density at radius 2 is 2.19 bits per heavy atom. The third kappa shape index (κ3) is 4.84. The van der Waals surface area contributed by atoms with E-state index in [4.69, 9.17) is 4.74 Å². The molecule has 2 nitrogen and oxygen atoms in total. The second-order valence-electron chi connectivity index (χ2n) is 5.16. The average Bonchev–Trinajstić information content (AvgIpc) is 2.82. The minimum absolute atomic E-state index is 0.462. The molecule has 0 spiro atoms. The molecule has 1 aliphatic heterocycles. The van der Waals surface area contributed by atoms with Gasteiger partial charge in [0.15, 0.2) is 0 Å². The summed E-state index contributed by atoms with van der Waals surface area (Å²) in [5, 5.41) is 3.66. The van der Waals surface area contributed by atoms with Crippen LogP contribution in [0.2, 0.25) is 0 Å². The SMILES string of the molecule is CCCCC(CC)CNC(C)C1CCCO1. The van der Waals surface area contributed by atoms with Crippen molar-refractivity contribution >= 4 is 0 Å². The van der Waals surface area contributed by atoms with Crippen molar-refractivity contribution in [3.05, 3.63) is 0 Å². The molecular weight excluding hydrogens is 198 g/mol. The quantitative estimate of drug-likeness (QED) is 0.686. The lowest BCUT2D eigenvalue weighted by Crippen LogP contribution is -2.39. The molecule has 16 heavy (non-hydrogen) atoms. The van der Waals surface area contributed by atoms with Gasteiger partial charge >= 0.3 is 0 Å². The molecule has 3 atom stereocenters. The summed E-state index contributed by atoms with van der Waals surface area (Å²) in [6, 6.07) is 0.526. The van der Waals surface area contributed by atoms with Crippen LogP contribution in [-0.2, 0) is 4.74 Å². The summed E-state index contributed by atoms with van der Waals surface area (Å²) in [6.07, 6.45) is 8.29. The van der Waals surface area contributed by atoms with Crippen LogP contribution in [0, 0.1) is 5.92 Å². The second-order valence-corrected chi connectivity index (χ2v) is 5.16. The summed E-state index contributed by atoms with van der Waals surface area (Å²) in [4.78, 5) is 0. The largest absolute Gasteiger partial charge is 0.377 e. The molecule has 1 N–H and O–H groups in total. The predicted octanol–water partition coefficient (Wildman–Crippen LogP) is 3.36. The topological polar surface area (TPSA) is 21.3 Å². The number of nitrogens with one attached hydrogen (secondary N) is 1. The molecule has 2 heteroatoms. The standard InChI is InChI=1S/C14H29NO/c1-4-6-8-13(5-2)11-15-12(3)14-9-7-10-16-14/h12-15H,4-11H2,1-3H3. The summed E-state index contributed by atoms with van der Waals surface area (Å²) in [5.74, 6) is 0.851. The Balaban J connectivity index is 2.14. The third-order valence-corrected chi connectivity index (χ3v) is 3.79. The van der Waals surface area contributed by atoms with Crippen molar-refractivity contribution < 1.29 is 4.74 Å². The molecule has 1 fully saturated rings. The molecule has 1 aliphatic rings. The summed E-state index contributed by atoms with van der Waals surface area (Å²) in [5.41, 5.74) is 0. The van der Waals surface area contributed by atoms with Gasteiger partial charge in [-0.3, -0.25) is 0 Å². The van der Waals surface area contributed by atoms with Gasteiger partial charge in [0.1, 0.15) is 0 Å². The van der Waals surface area contributed by atoms with Gasteiger partial charge in [-0.15, -0.1) is 0 Å². The lowest BCUT2D eigenvalue weighted by Gasteiger charge is -2.23. The molecule has 1 rings (SSSR count). The number of hydrogen-bond acceptors (Lipinski definition) is 2. The summed E-state index contributed by atoms with van der Waals surface area (Å²) >= 11 is 0. The van der Waals surface area contributed by atoms with Crippen molar-refractivity contribution in [2.45, 2.75) is 71.4 Å². The molecule has 0 aromatic heterocycles. The second kappa shape index (κ2) is 8.08. The predicted molar refractivity (Wildman–Crippen MR) is 69.7 cm³/mol. The first-order valence-electron chi connectivity index (χ1n) is 7.12. The zero-order chi connectivity index (χ0) is 11.8. The van der Waals surface area contributed by atoms with Crippen LogP contribution in [0.25, 0.3) is 0 Å². The normalized spacial score (nSPS) is 24.6. The molecule has 0 radical (unpaired) electrons. The Bertz CT molecular complexity index is 166. The van der Waals surface area contributed by atoms with Crippen LogP contribution in [0.4, 0.5) is 0 Å². The fourth-order valence-electron chi connectivity index (χ4n) is 2.42. The highest BCUT2D eigenvalue weighted by atomic mass is 16.5. The highest BCUT2D eigenvalue weighted by Crippen LogP contribution is 2.17. The van der Waals surface area contributed by atoms with Crippen molar-refractivity contribution in [3.8, 4) is 0 Å². The van der Waals surface area contributed by atoms with E-state index in [0.29, 0.717) is 12.1 Å². The molecule has 0 aliphatic carbocycles. The van der Waals surface area contributed by atoms with E-state index in [9.17, 15) is 0 Å². The zero-order valence-electron chi connectivity index (χ0n) is 11.3. The lowest BCUT2D eigenvalue weighted by molar-refractivity contribution is 0.0820. The van der Waals surface area contributed by atoms with Gasteiger partial charge < -0.3 is 10.1 Å². The highest BCUT2D eigenvalue weighted by molar-refractivity contribution is 4.77. The van der Waals surface area contributed by atoms with Crippen LogP contribution in [0.3, 0.4) is 0 Å². The minimum atomic E-state index is 0.462. The fourth-order valence-corrected chi connectivity index (χ4v) is 2.42. The zero-order valence-corrected chi connectivity index (χ0v) is 11.3. The Morgan fingerprint density at radius 3 is 2.75 bits per heavy atom. The first-order chi connectivity index (χ1) is 7.77. The summed E-state index contributed by atoms with van der Waals surface area (Å²) in [7, 11) is 0. The number of rotatable bonds is 8. The van der Waals surface area contributed by atoms with E-state index < -0.39 is 0 Å². The van der Waals surface area contributed by atoms with E-state index in [0.717, 1.165) is 19.1 Å². The van der Waals surface area contributed by atoms with Gasteiger partial charge in [-0.25, -0.2) is 0 Å². The first kappa shape index (κ1) is 14.0. The van der Waals surface area contributed by atoms with Crippen LogP contribution in [0.1, 0.15) is 59.3 Å². The molecule has 1 saturated heterocycles. The number of unbranched alkanes of at least 4 members (excludes halogenated alkanes) is 1. The molecule has 0 bridgehead atoms. The maximum Gasteiger partial charge on any atom is 0.0726 e. The minimum Gasteiger partial charge on any atom is -0.377 e. The van der Waals surface area contributed by atoms with Crippen LogP contribution in [-0.4, -0.2) is 25.3 Å². The maximum atomic E-state index is 5.70. The van der Waals surface area contributed by atoms with Gasteiger partial charge in [0.2, 0.25) is 0 Å². The van der Waals surface area contributed by atoms with E-state index in [-0.39, 0.29) is 0 Å². The smallest absolute Gasteiger partial charge is 0.0726 e. The van der Waals surface area contributed by atoms with E-state index in [1.165, 1.54) is 38.5 Å². The van der Waals surface area contributed by atoms with Crippen molar-refractivity contribution in [3.63, 3.8) is 0 Å². The molecular formula is C14H29NO. The van der Waals surface area contributed by atoms with Crippen molar-refractivity contribution in [1.82, 2.24) is 5.32 Å². The van der Waals surface area contributed by atoms with E-state index in [2.05, 4.69) is 26.1 Å². The van der Waals surface area contributed by atoms with Gasteiger partial charge in [0.25, 0.3) is 0 Å². The molecule has 0 aromatic rings.